The monoisotopic (exact) mass is 280 g/mol. The van der Waals surface area contributed by atoms with Crippen LogP contribution in [0.5, 0.6) is 11.5 Å². The third-order valence-electron chi connectivity index (χ3n) is 3.38. The first kappa shape index (κ1) is 13.3. The molecule has 1 aliphatic heterocycles. The highest BCUT2D eigenvalue weighted by atomic mass is 16.5. The minimum atomic E-state index is 0.673. The molecule has 0 fully saturated rings. The predicted octanol–water partition coefficient (Wildman–Crippen LogP) is 3.77. The van der Waals surface area contributed by atoms with Crippen LogP contribution >= 0.6 is 0 Å². The van der Waals surface area contributed by atoms with Crippen molar-refractivity contribution in [2.24, 2.45) is 0 Å². The molecule has 0 unspecified atom stereocenters. The van der Waals surface area contributed by atoms with Crippen molar-refractivity contribution in [3.63, 3.8) is 0 Å². The Bertz CT molecular complexity index is 704. The molecular weight excluding hydrogens is 264 g/mol. The highest BCUT2D eigenvalue weighted by Crippen LogP contribution is 2.33. The van der Waals surface area contributed by atoms with Gasteiger partial charge in [0, 0.05) is 23.9 Å². The van der Waals surface area contributed by atoms with E-state index in [4.69, 9.17) is 14.7 Å². The summed E-state index contributed by atoms with van der Waals surface area (Å²) in [6, 6.07) is 13.7. The van der Waals surface area contributed by atoms with E-state index >= 15 is 0 Å². The Kier molecular flexibility index (Phi) is 3.65. The lowest BCUT2D eigenvalue weighted by molar-refractivity contribution is 0.297. The van der Waals surface area contributed by atoms with Crippen molar-refractivity contribution in [1.29, 1.82) is 5.26 Å². The number of benzene rings is 2. The summed E-state index contributed by atoms with van der Waals surface area (Å²) in [6.07, 6.45) is 0.895. The average molecular weight is 280 g/mol. The van der Waals surface area contributed by atoms with Crippen molar-refractivity contribution in [1.82, 2.24) is 0 Å². The van der Waals surface area contributed by atoms with Gasteiger partial charge in [0.1, 0.15) is 0 Å². The fourth-order valence-corrected chi connectivity index (χ4v) is 2.27. The quantitative estimate of drug-likeness (QED) is 0.909. The van der Waals surface area contributed by atoms with E-state index < -0.39 is 0 Å². The molecule has 0 saturated carbocycles. The molecule has 0 spiro atoms. The molecule has 3 rings (SSSR count). The normalized spacial score (nSPS) is 13.1. The van der Waals surface area contributed by atoms with Crippen LogP contribution in [-0.2, 0) is 0 Å². The van der Waals surface area contributed by atoms with Gasteiger partial charge < -0.3 is 14.8 Å². The Balaban J connectivity index is 1.83. The molecule has 106 valence electrons. The van der Waals surface area contributed by atoms with Gasteiger partial charge in [-0.05, 0) is 42.8 Å². The number of anilines is 2. The molecule has 1 heterocycles. The summed E-state index contributed by atoms with van der Waals surface area (Å²) in [6.45, 7) is 3.29. The summed E-state index contributed by atoms with van der Waals surface area (Å²) in [5, 5.41) is 12.3. The largest absolute Gasteiger partial charge is 0.490 e. The number of nitriles is 1. The SMILES string of the molecule is Cc1cc(Nc2ccc3c(c2)OCCCO3)ccc1C#N. The van der Waals surface area contributed by atoms with Gasteiger partial charge in [0.2, 0.25) is 0 Å². The van der Waals surface area contributed by atoms with Gasteiger partial charge in [-0.15, -0.1) is 0 Å². The first-order chi connectivity index (χ1) is 10.3. The number of hydrogen-bond acceptors (Lipinski definition) is 4. The number of fused-ring (bicyclic) bond motifs is 1. The number of rotatable bonds is 2. The van der Waals surface area contributed by atoms with Gasteiger partial charge in [0.05, 0.1) is 24.8 Å². The number of nitrogens with one attached hydrogen (secondary N) is 1. The second-order valence-electron chi connectivity index (χ2n) is 4.98. The Labute approximate surface area is 123 Å². The molecule has 0 atom stereocenters. The van der Waals surface area contributed by atoms with Crippen LogP contribution in [0.25, 0.3) is 0 Å². The molecule has 0 aromatic heterocycles. The highest BCUT2D eigenvalue weighted by Gasteiger charge is 2.10. The van der Waals surface area contributed by atoms with Crippen molar-refractivity contribution in [2.75, 3.05) is 18.5 Å². The lowest BCUT2D eigenvalue weighted by atomic mass is 10.1. The molecule has 4 nitrogen and oxygen atoms in total. The van der Waals surface area contributed by atoms with Gasteiger partial charge in [-0.2, -0.15) is 5.26 Å². The standard InChI is InChI=1S/C17H16N2O2/c1-12-9-14(4-3-13(12)11-18)19-15-5-6-16-17(10-15)21-8-2-7-20-16/h3-6,9-10,19H,2,7-8H2,1H3. The van der Waals surface area contributed by atoms with Crippen molar-refractivity contribution in [3.05, 3.63) is 47.5 Å². The van der Waals surface area contributed by atoms with E-state index in [0.29, 0.717) is 18.8 Å². The molecule has 4 heteroatoms. The molecule has 0 amide bonds. The van der Waals surface area contributed by atoms with Crippen LogP contribution in [0.3, 0.4) is 0 Å². The molecule has 0 aliphatic carbocycles. The van der Waals surface area contributed by atoms with Gasteiger partial charge in [0.25, 0.3) is 0 Å². The third kappa shape index (κ3) is 2.92. The molecule has 0 saturated heterocycles. The van der Waals surface area contributed by atoms with Gasteiger partial charge in [-0.25, -0.2) is 0 Å². The van der Waals surface area contributed by atoms with Crippen molar-refractivity contribution in [2.45, 2.75) is 13.3 Å². The van der Waals surface area contributed by atoms with Gasteiger partial charge in [-0.3, -0.25) is 0 Å². The lowest BCUT2D eigenvalue weighted by Gasteiger charge is -2.12. The molecule has 2 aromatic carbocycles. The van der Waals surface area contributed by atoms with Crippen molar-refractivity contribution < 1.29 is 9.47 Å². The van der Waals surface area contributed by atoms with Crippen molar-refractivity contribution >= 4 is 11.4 Å². The molecule has 0 bridgehead atoms. The van der Waals surface area contributed by atoms with Crippen LogP contribution in [0.2, 0.25) is 0 Å². The minimum absolute atomic E-state index is 0.673. The first-order valence-corrected chi connectivity index (χ1v) is 6.94. The van der Waals surface area contributed by atoms with Gasteiger partial charge in [-0.1, -0.05) is 0 Å². The second-order valence-corrected chi connectivity index (χ2v) is 4.98. The molecular formula is C17H16N2O2. The van der Waals surface area contributed by atoms with E-state index in [9.17, 15) is 0 Å². The van der Waals surface area contributed by atoms with Crippen LogP contribution in [0.4, 0.5) is 11.4 Å². The maximum absolute atomic E-state index is 8.96. The highest BCUT2D eigenvalue weighted by molar-refractivity contribution is 5.65. The molecule has 1 N–H and O–H groups in total. The maximum Gasteiger partial charge on any atom is 0.163 e. The predicted molar refractivity (Wildman–Crippen MR) is 81.2 cm³/mol. The molecule has 2 aromatic rings. The Morgan fingerprint density at radius 1 is 1.00 bits per heavy atom. The summed E-state index contributed by atoms with van der Waals surface area (Å²) in [4.78, 5) is 0. The Morgan fingerprint density at radius 3 is 2.48 bits per heavy atom. The van der Waals surface area contributed by atoms with Crippen LogP contribution < -0.4 is 14.8 Å². The maximum atomic E-state index is 8.96. The van der Waals surface area contributed by atoms with Crippen LogP contribution in [-0.4, -0.2) is 13.2 Å². The summed E-state index contributed by atoms with van der Waals surface area (Å²) in [7, 11) is 0. The summed E-state index contributed by atoms with van der Waals surface area (Å²) >= 11 is 0. The molecule has 0 radical (unpaired) electrons. The van der Waals surface area contributed by atoms with Crippen LogP contribution in [0.15, 0.2) is 36.4 Å². The molecule has 1 aliphatic rings. The smallest absolute Gasteiger partial charge is 0.163 e. The fourth-order valence-electron chi connectivity index (χ4n) is 2.27. The number of hydrogen-bond donors (Lipinski definition) is 1. The van der Waals surface area contributed by atoms with Crippen molar-refractivity contribution in [3.8, 4) is 17.6 Å². The minimum Gasteiger partial charge on any atom is -0.490 e. The zero-order chi connectivity index (χ0) is 14.7. The van der Waals surface area contributed by atoms with Gasteiger partial charge in [0.15, 0.2) is 11.5 Å². The third-order valence-corrected chi connectivity index (χ3v) is 3.38. The van der Waals surface area contributed by atoms with E-state index in [2.05, 4.69) is 11.4 Å². The average Bonchev–Trinajstić information content (AvgIpc) is 2.72. The zero-order valence-corrected chi connectivity index (χ0v) is 11.8. The Hall–Kier alpha value is -2.67. The summed E-state index contributed by atoms with van der Waals surface area (Å²) in [5.74, 6) is 1.55. The molecule has 21 heavy (non-hydrogen) atoms. The number of ether oxygens (including phenoxy) is 2. The zero-order valence-electron chi connectivity index (χ0n) is 11.8. The first-order valence-electron chi connectivity index (χ1n) is 6.94. The lowest BCUT2D eigenvalue weighted by Crippen LogP contribution is -1.97. The summed E-state index contributed by atoms with van der Waals surface area (Å²) in [5.41, 5.74) is 3.53. The van der Waals surface area contributed by atoms with Gasteiger partial charge >= 0.3 is 0 Å². The number of nitrogens with zero attached hydrogens (tertiary/aromatic N) is 1. The topological polar surface area (TPSA) is 54.3 Å². The fraction of sp³-hybridized carbons (Fsp3) is 0.235. The summed E-state index contributed by atoms with van der Waals surface area (Å²) < 4.78 is 11.3. The van der Waals surface area contributed by atoms with E-state index in [1.165, 1.54) is 0 Å². The number of aryl methyl sites for hydroxylation is 1. The van der Waals surface area contributed by atoms with E-state index in [1.807, 2.05) is 43.3 Å². The Morgan fingerprint density at radius 2 is 1.71 bits per heavy atom. The van der Waals surface area contributed by atoms with E-state index in [1.54, 1.807) is 0 Å². The van der Waals surface area contributed by atoms with E-state index in [-0.39, 0.29) is 0 Å². The van der Waals surface area contributed by atoms with Crippen LogP contribution in [0, 0.1) is 18.3 Å². The second kappa shape index (κ2) is 5.76. The van der Waals surface area contributed by atoms with E-state index in [0.717, 1.165) is 34.9 Å². The van der Waals surface area contributed by atoms with Crippen LogP contribution in [0.1, 0.15) is 17.5 Å².